The Bertz CT molecular complexity index is 384. The maximum absolute atomic E-state index is 10.6. The first kappa shape index (κ1) is 11.2. The van der Waals surface area contributed by atoms with E-state index in [2.05, 4.69) is 11.6 Å². The van der Waals surface area contributed by atoms with E-state index in [-0.39, 0.29) is 6.54 Å². The van der Waals surface area contributed by atoms with Crippen LogP contribution in [0.25, 0.3) is 0 Å². The Balaban J connectivity index is 2.61. The van der Waals surface area contributed by atoms with Crippen molar-refractivity contribution in [2.75, 3.05) is 0 Å². The summed E-state index contributed by atoms with van der Waals surface area (Å²) in [6.07, 6.45) is 0.975. The Labute approximate surface area is 84.3 Å². The molecule has 0 atom stereocenters. The summed E-state index contributed by atoms with van der Waals surface area (Å²) in [5, 5.41) is 4.80. The maximum Gasteiger partial charge on any atom is 0.274 e. The van der Waals surface area contributed by atoms with E-state index in [1.54, 1.807) is 0 Å². The number of benzene rings is 1. The fraction of sp³-hybridized carbons (Fsp3) is 0.333. The zero-order valence-corrected chi connectivity index (χ0v) is 8.84. The molecule has 1 aromatic carbocycles. The molecule has 0 spiro atoms. The predicted molar refractivity (Wildman–Crippen MR) is 55.8 cm³/mol. The van der Waals surface area contributed by atoms with Crippen LogP contribution in [0.1, 0.15) is 18.1 Å². The van der Waals surface area contributed by atoms with Crippen molar-refractivity contribution in [2.24, 2.45) is 5.14 Å². The van der Waals surface area contributed by atoms with E-state index < -0.39 is 10.2 Å². The van der Waals surface area contributed by atoms with Gasteiger partial charge in [0.25, 0.3) is 10.2 Å². The summed E-state index contributed by atoms with van der Waals surface area (Å²) in [5.41, 5.74) is 2.13. The lowest BCUT2D eigenvalue weighted by Gasteiger charge is -2.03. The molecule has 78 valence electrons. The molecule has 0 bridgehead atoms. The average Bonchev–Trinajstić information content (AvgIpc) is 2.14. The zero-order valence-electron chi connectivity index (χ0n) is 8.03. The second-order valence-electron chi connectivity index (χ2n) is 3.04. The minimum atomic E-state index is -3.59. The minimum Gasteiger partial charge on any atom is -0.216 e. The lowest BCUT2D eigenvalue weighted by molar-refractivity contribution is 0.583. The molecule has 4 nitrogen and oxygen atoms in total. The van der Waals surface area contributed by atoms with Gasteiger partial charge in [0.15, 0.2) is 0 Å². The Morgan fingerprint density at radius 1 is 1.21 bits per heavy atom. The van der Waals surface area contributed by atoms with Gasteiger partial charge < -0.3 is 0 Å². The molecule has 5 heteroatoms. The van der Waals surface area contributed by atoms with Gasteiger partial charge >= 0.3 is 0 Å². The number of aryl methyl sites for hydroxylation is 1. The topological polar surface area (TPSA) is 72.2 Å². The Kier molecular flexibility index (Phi) is 3.62. The summed E-state index contributed by atoms with van der Waals surface area (Å²) < 4.78 is 23.4. The third-order valence-electron chi connectivity index (χ3n) is 1.91. The number of rotatable bonds is 4. The first-order valence-electron chi connectivity index (χ1n) is 4.36. The van der Waals surface area contributed by atoms with Gasteiger partial charge in [-0.15, -0.1) is 0 Å². The van der Waals surface area contributed by atoms with Crippen LogP contribution in [0.2, 0.25) is 0 Å². The van der Waals surface area contributed by atoms with Gasteiger partial charge in [-0.25, -0.2) is 5.14 Å². The average molecular weight is 214 g/mol. The molecule has 0 saturated heterocycles. The quantitative estimate of drug-likeness (QED) is 0.768. The largest absolute Gasteiger partial charge is 0.274 e. The van der Waals surface area contributed by atoms with Gasteiger partial charge in [-0.3, -0.25) is 0 Å². The highest BCUT2D eigenvalue weighted by Gasteiger charge is 2.00. The fourth-order valence-electron chi connectivity index (χ4n) is 1.08. The molecule has 0 amide bonds. The lowest BCUT2D eigenvalue weighted by Crippen LogP contribution is -2.30. The molecule has 0 aliphatic rings. The molecule has 0 aromatic heterocycles. The number of nitrogens with two attached hydrogens (primary N) is 1. The zero-order chi connectivity index (χ0) is 10.6. The molecule has 0 fully saturated rings. The fourth-order valence-corrected chi connectivity index (χ4v) is 1.44. The van der Waals surface area contributed by atoms with Crippen molar-refractivity contribution in [3.8, 4) is 0 Å². The van der Waals surface area contributed by atoms with Crippen molar-refractivity contribution < 1.29 is 8.42 Å². The Hall–Kier alpha value is -0.910. The van der Waals surface area contributed by atoms with Crippen LogP contribution in [-0.4, -0.2) is 8.42 Å². The van der Waals surface area contributed by atoms with Gasteiger partial charge in [-0.05, 0) is 17.5 Å². The van der Waals surface area contributed by atoms with Gasteiger partial charge in [0.1, 0.15) is 0 Å². The molecule has 0 radical (unpaired) electrons. The molecule has 0 unspecified atom stereocenters. The summed E-state index contributed by atoms with van der Waals surface area (Å²) in [4.78, 5) is 0. The molecule has 0 saturated carbocycles. The maximum atomic E-state index is 10.6. The smallest absolute Gasteiger partial charge is 0.216 e. The van der Waals surface area contributed by atoms with E-state index in [4.69, 9.17) is 5.14 Å². The third kappa shape index (κ3) is 3.87. The van der Waals surface area contributed by atoms with Crippen LogP contribution in [-0.2, 0) is 23.2 Å². The van der Waals surface area contributed by atoms with Crippen LogP contribution in [0.5, 0.6) is 0 Å². The van der Waals surface area contributed by atoms with Gasteiger partial charge in [-0.2, -0.15) is 13.1 Å². The van der Waals surface area contributed by atoms with E-state index in [0.29, 0.717) is 0 Å². The summed E-state index contributed by atoms with van der Waals surface area (Å²) in [7, 11) is -3.59. The SMILES string of the molecule is CCc1ccc(CNS(N)(=O)=O)cc1. The molecule has 14 heavy (non-hydrogen) atoms. The van der Waals surface area contributed by atoms with Gasteiger partial charge in [0.05, 0.1) is 0 Å². The van der Waals surface area contributed by atoms with E-state index in [1.165, 1.54) is 5.56 Å². The van der Waals surface area contributed by atoms with E-state index >= 15 is 0 Å². The van der Waals surface area contributed by atoms with Crippen molar-refractivity contribution in [2.45, 2.75) is 19.9 Å². The second kappa shape index (κ2) is 4.54. The summed E-state index contributed by atoms with van der Waals surface area (Å²) >= 11 is 0. The normalized spacial score (nSPS) is 11.6. The van der Waals surface area contributed by atoms with E-state index in [9.17, 15) is 8.42 Å². The predicted octanol–water partition coefficient (Wildman–Crippen LogP) is 0.542. The third-order valence-corrected chi connectivity index (χ3v) is 2.46. The number of nitrogens with one attached hydrogen (secondary N) is 1. The number of hydrogen-bond donors (Lipinski definition) is 2. The van der Waals surface area contributed by atoms with E-state index in [0.717, 1.165) is 12.0 Å². The Morgan fingerprint density at radius 3 is 2.14 bits per heavy atom. The van der Waals surface area contributed by atoms with Gasteiger partial charge in [0, 0.05) is 6.54 Å². The monoisotopic (exact) mass is 214 g/mol. The first-order chi connectivity index (χ1) is 6.51. The molecule has 0 aliphatic carbocycles. The van der Waals surface area contributed by atoms with Gasteiger partial charge in [0.2, 0.25) is 0 Å². The summed E-state index contributed by atoms with van der Waals surface area (Å²) in [6.45, 7) is 2.31. The molecule has 0 heterocycles. The standard InChI is InChI=1S/C9H14N2O2S/c1-2-8-3-5-9(6-4-8)7-11-14(10,12)13/h3-6,11H,2,7H2,1H3,(H2,10,12,13). The highest BCUT2D eigenvalue weighted by molar-refractivity contribution is 7.87. The highest BCUT2D eigenvalue weighted by atomic mass is 32.2. The Morgan fingerprint density at radius 2 is 1.71 bits per heavy atom. The molecule has 3 N–H and O–H groups in total. The van der Waals surface area contributed by atoms with Crippen LogP contribution in [0, 0.1) is 0 Å². The van der Waals surface area contributed by atoms with Crippen molar-refractivity contribution in [1.82, 2.24) is 4.72 Å². The first-order valence-corrected chi connectivity index (χ1v) is 5.91. The van der Waals surface area contributed by atoms with Crippen molar-refractivity contribution >= 4 is 10.2 Å². The van der Waals surface area contributed by atoms with Crippen molar-refractivity contribution in [3.63, 3.8) is 0 Å². The van der Waals surface area contributed by atoms with Crippen LogP contribution in [0.3, 0.4) is 0 Å². The van der Waals surface area contributed by atoms with Crippen LogP contribution < -0.4 is 9.86 Å². The summed E-state index contributed by atoms with van der Waals surface area (Å²) in [5.74, 6) is 0. The van der Waals surface area contributed by atoms with Crippen LogP contribution in [0.4, 0.5) is 0 Å². The second-order valence-corrected chi connectivity index (χ2v) is 4.41. The van der Waals surface area contributed by atoms with Gasteiger partial charge in [-0.1, -0.05) is 31.2 Å². The summed E-state index contributed by atoms with van der Waals surface area (Å²) in [6, 6.07) is 7.72. The van der Waals surface area contributed by atoms with Crippen LogP contribution in [0.15, 0.2) is 24.3 Å². The molecular weight excluding hydrogens is 200 g/mol. The minimum absolute atomic E-state index is 0.239. The molecular formula is C9H14N2O2S. The molecule has 0 aliphatic heterocycles. The van der Waals surface area contributed by atoms with Crippen molar-refractivity contribution in [3.05, 3.63) is 35.4 Å². The highest BCUT2D eigenvalue weighted by Crippen LogP contribution is 2.04. The molecule has 1 rings (SSSR count). The van der Waals surface area contributed by atoms with Crippen molar-refractivity contribution in [1.29, 1.82) is 0 Å². The van der Waals surface area contributed by atoms with Crippen LogP contribution >= 0.6 is 0 Å². The number of hydrogen-bond acceptors (Lipinski definition) is 2. The molecule has 1 aromatic rings. The lowest BCUT2D eigenvalue weighted by atomic mass is 10.1. The van der Waals surface area contributed by atoms with E-state index in [1.807, 2.05) is 24.3 Å².